The Kier molecular flexibility index (Phi) is 7.81. The first-order chi connectivity index (χ1) is 16.9. The van der Waals surface area contributed by atoms with Gasteiger partial charge in [-0.3, -0.25) is 14.4 Å². The summed E-state index contributed by atoms with van der Waals surface area (Å²) in [6, 6.07) is 0. The van der Waals surface area contributed by atoms with E-state index in [4.69, 9.17) is 18.9 Å². The molecule has 11 heteroatoms. The van der Waals surface area contributed by atoms with Gasteiger partial charge in [0.2, 0.25) is 5.78 Å². The average Bonchev–Trinajstić information content (AvgIpc) is 2.75. The molecule has 10 nitrogen and oxygen atoms in total. The number of ketones is 1. The van der Waals surface area contributed by atoms with E-state index in [1.807, 2.05) is 6.92 Å². The molecule has 0 aromatic rings. The van der Waals surface area contributed by atoms with Gasteiger partial charge in [-0.1, -0.05) is 33.3 Å². The fourth-order valence-electron chi connectivity index (χ4n) is 7.64. The third-order valence-corrected chi connectivity index (χ3v) is 9.67. The van der Waals surface area contributed by atoms with Crippen LogP contribution in [0, 0.1) is 22.7 Å². The quantitative estimate of drug-likeness (QED) is 0.250. The molecule has 1 unspecified atom stereocenters. The predicted molar refractivity (Wildman–Crippen MR) is 127 cm³/mol. The van der Waals surface area contributed by atoms with Gasteiger partial charge in [0.15, 0.2) is 11.7 Å². The normalized spacial score (nSPS) is 43.1. The number of hydrogen-bond donors (Lipinski definition) is 2. The van der Waals surface area contributed by atoms with Crippen LogP contribution in [0.1, 0.15) is 61.3 Å². The molecule has 2 N–H and O–H groups in total. The number of Topliss-reactive ketones (excluding diaryl/α,β-unsaturated/α-hetero) is 1. The van der Waals surface area contributed by atoms with Gasteiger partial charge in [0.1, 0.15) is 17.8 Å². The number of ether oxygens (including phenoxy) is 4. The summed E-state index contributed by atoms with van der Waals surface area (Å²) in [6.45, 7) is 14.3. The second-order valence-corrected chi connectivity index (χ2v) is 11.9. The smallest absolute Gasteiger partial charge is 0.849 e. The second-order valence-electron chi connectivity index (χ2n) is 11.9. The van der Waals surface area contributed by atoms with E-state index < -0.39 is 76.0 Å². The van der Waals surface area contributed by atoms with Crippen LogP contribution < -0.4 is 24.0 Å². The van der Waals surface area contributed by atoms with Crippen LogP contribution in [0.3, 0.4) is 0 Å². The molecular formula is C27H37LiO10. The van der Waals surface area contributed by atoms with Gasteiger partial charge in [-0.15, -0.1) is 6.10 Å². The van der Waals surface area contributed by atoms with E-state index in [9.17, 15) is 29.7 Å². The zero-order chi connectivity index (χ0) is 27.9. The number of esters is 2. The minimum absolute atomic E-state index is 0. The number of aliphatic hydroxyl groups excluding tert-OH is 1. The third-order valence-electron chi connectivity index (χ3n) is 9.67. The summed E-state index contributed by atoms with van der Waals surface area (Å²) in [5.74, 6) is -4.02. The Morgan fingerprint density at radius 1 is 1.16 bits per heavy atom. The van der Waals surface area contributed by atoms with Crippen molar-refractivity contribution in [2.24, 2.45) is 22.7 Å². The molecule has 0 aromatic heterocycles. The molecule has 38 heavy (non-hydrogen) atoms. The Morgan fingerprint density at radius 2 is 1.76 bits per heavy atom. The van der Waals surface area contributed by atoms with Gasteiger partial charge in [0.25, 0.3) is 5.95 Å². The molecule has 0 aromatic carbocycles. The molecule has 4 rings (SSSR count). The Morgan fingerprint density at radius 3 is 2.24 bits per heavy atom. The standard InChI is InChI=1S/C27H37O10.Li/c1-12-9-18-26(11-34-18,37-16(5)30)21-23(36-15(4)29)27(33)10-17(31)13(2)19(24(27,6)7)20(32)22(25(12,21)8)35-14(3)28;/h12,17-18,21-23,29,33H,4,9-11H2,1-3,5-8H3;/q-1;+1/t12-,17-,18+,21?,22+,23-,25+,26-,27+;/m0./s1. The van der Waals surface area contributed by atoms with Crippen molar-refractivity contribution in [2.45, 2.75) is 96.9 Å². The topological polar surface area (TPSA) is 152 Å². The number of rotatable bonds is 4. The number of carbonyl (C=O) groups excluding carboxylic acids is 3. The van der Waals surface area contributed by atoms with Gasteiger partial charge in [-0.25, -0.2) is 0 Å². The van der Waals surface area contributed by atoms with Crippen molar-refractivity contribution in [3.63, 3.8) is 0 Å². The van der Waals surface area contributed by atoms with Crippen LogP contribution in [0.5, 0.6) is 0 Å². The van der Waals surface area contributed by atoms with Gasteiger partial charge in [0.05, 0.1) is 12.5 Å². The molecule has 3 fully saturated rings. The minimum atomic E-state index is -2.01. The zero-order valence-electron chi connectivity index (χ0n) is 23.5. The first kappa shape index (κ1) is 30.7. The molecule has 2 bridgehead atoms. The maximum atomic E-state index is 14.4. The molecule has 2 saturated carbocycles. The van der Waals surface area contributed by atoms with E-state index in [1.54, 1.807) is 27.7 Å². The molecule has 1 saturated heterocycles. The van der Waals surface area contributed by atoms with Crippen LogP contribution in [0.2, 0.25) is 0 Å². The van der Waals surface area contributed by atoms with E-state index in [-0.39, 0.29) is 49.0 Å². The van der Waals surface area contributed by atoms with Crippen molar-refractivity contribution >= 4 is 17.7 Å². The SMILES string of the molecule is C=C(O)O[C@H]1C2[C@](C)([C@H](OC(C)=O)C(=O)C3=C(C)[C@@H]([O-])C[C@]1(O)C3(C)C)[C@@H](C)C[C@H]1OC[C@@]21OC(C)=O.[Li+]. The van der Waals surface area contributed by atoms with Crippen LogP contribution in [-0.2, 0) is 33.3 Å². The fourth-order valence-corrected chi connectivity index (χ4v) is 7.64. The van der Waals surface area contributed by atoms with Crippen molar-refractivity contribution < 1.29 is 67.5 Å². The molecule has 0 radical (unpaired) electrons. The van der Waals surface area contributed by atoms with Crippen LogP contribution >= 0.6 is 0 Å². The van der Waals surface area contributed by atoms with E-state index in [1.165, 1.54) is 13.8 Å². The van der Waals surface area contributed by atoms with Crippen molar-refractivity contribution in [3.05, 3.63) is 23.7 Å². The average molecular weight is 529 g/mol. The van der Waals surface area contributed by atoms with Crippen LogP contribution in [0.4, 0.5) is 0 Å². The Hall–Kier alpha value is -1.83. The van der Waals surface area contributed by atoms with Gasteiger partial charge >= 0.3 is 30.8 Å². The fraction of sp³-hybridized carbons (Fsp3) is 0.741. The molecule has 206 valence electrons. The number of aliphatic hydroxyl groups is 2. The Bertz CT molecular complexity index is 1080. The van der Waals surface area contributed by atoms with Crippen molar-refractivity contribution in [3.8, 4) is 0 Å². The van der Waals surface area contributed by atoms with Gasteiger partial charge in [-0.2, -0.15) is 0 Å². The van der Waals surface area contributed by atoms with Crippen LogP contribution in [0.15, 0.2) is 23.7 Å². The molecule has 9 atom stereocenters. The Balaban J connectivity index is 0.00000400. The first-order valence-electron chi connectivity index (χ1n) is 12.6. The summed E-state index contributed by atoms with van der Waals surface area (Å²) in [7, 11) is 0. The predicted octanol–water partition coefficient (Wildman–Crippen LogP) is -1.51. The summed E-state index contributed by atoms with van der Waals surface area (Å²) >= 11 is 0. The summed E-state index contributed by atoms with van der Waals surface area (Å²) in [5.41, 5.74) is -5.72. The van der Waals surface area contributed by atoms with E-state index >= 15 is 0 Å². The van der Waals surface area contributed by atoms with Crippen molar-refractivity contribution in [2.75, 3.05) is 6.61 Å². The monoisotopic (exact) mass is 528 g/mol. The van der Waals surface area contributed by atoms with E-state index in [2.05, 4.69) is 6.58 Å². The Labute approximate surface area is 234 Å². The summed E-state index contributed by atoms with van der Waals surface area (Å²) in [4.78, 5) is 39.2. The van der Waals surface area contributed by atoms with E-state index in [0.717, 1.165) is 0 Å². The van der Waals surface area contributed by atoms with Crippen LogP contribution in [-0.4, -0.2) is 70.2 Å². The molecule has 1 heterocycles. The molecule has 4 aliphatic rings. The summed E-state index contributed by atoms with van der Waals surface area (Å²) in [6.07, 6.45) is -4.83. The molecule has 3 aliphatic carbocycles. The van der Waals surface area contributed by atoms with Gasteiger partial charge in [0, 0.05) is 30.3 Å². The largest absolute Gasteiger partial charge is 1.00 e. The van der Waals surface area contributed by atoms with E-state index in [0.29, 0.717) is 6.42 Å². The van der Waals surface area contributed by atoms with Crippen molar-refractivity contribution in [1.29, 1.82) is 0 Å². The molecule has 1 aliphatic heterocycles. The second kappa shape index (κ2) is 9.67. The zero-order valence-corrected chi connectivity index (χ0v) is 23.5. The maximum absolute atomic E-state index is 14.4. The maximum Gasteiger partial charge on any atom is 1.00 e. The van der Waals surface area contributed by atoms with Gasteiger partial charge in [-0.05, 0) is 32.3 Å². The number of carbonyl (C=O) groups is 3. The van der Waals surface area contributed by atoms with Crippen LogP contribution in [0.25, 0.3) is 0 Å². The summed E-state index contributed by atoms with van der Waals surface area (Å²) < 4.78 is 23.5. The first-order valence-corrected chi connectivity index (χ1v) is 12.6. The molecular weight excluding hydrogens is 491 g/mol. The molecule has 0 spiro atoms. The molecule has 0 amide bonds. The van der Waals surface area contributed by atoms with Crippen molar-refractivity contribution in [1.82, 2.24) is 0 Å². The number of fused-ring (bicyclic) bond motifs is 5. The van der Waals surface area contributed by atoms with Gasteiger partial charge < -0.3 is 34.3 Å². The third kappa shape index (κ3) is 3.98. The number of hydrogen-bond acceptors (Lipinski definition) is 10. The minimum Gasteiger partial charge on any atom is -0.849 e. The summed E-state index contributed by atoms with van der Waals surface area (Å²) in [5, 5.41) is 36.1.